The van der Waals surface area contributed by atoms with E-state index in [0.717, 1.165) is 6.42 Å². The molecular weight excluding hydrogens is 362 g/mol. The number of esters is 1. The maximum Gasteiger partial charge on any atom is 0.335 e. The van der Waals surface area contributed by atoms with E-state index in [1.807, 2.05) is 25.3 Å². The number of nitrogen functional groups attached to an aromatic ring is 1. The van der Waals surface area contributed by atoms with E-state index < -0.39 is 23.9 Å². The van der Waals surface area contributed by atoms with Crippen molar-refractivity contribution in [2.24, 2.45) is 5.92 Å². The van der Waals surface area contributed by atoms with Crippen molar-refractivity contribution in [3.63, 3.8) is 0 Å². The fourth-order valence-corrected chi connectivity index (χ4v) is 3.22. The van der Waals surface area contributed by atoms with Crippen molar-refractivity contribution in [2.45, 2.75) is 52.6 Å². The van der Waals surface area contributed by atoms with Gasteiger partial charge in [0.1, 0.15) is 12.2 Å². The van der Waals surface area contributed by atoms with E-state index in [1.165, 1.54) is 13.3 Å². The molecule has 0 radical (unpaired) electrons. The van der Waals surface area contributed by atoms with E-state index in [4.69, 9.17) is 23.6 Å². The Morgan fingerprint density at radius 2 is 2.08 bits per heavy atom. The number of ether oxygens (including phenoxy) is 2. The number of imidazole rings is 1. The van der Waals surface area contributed by atoms with Crippen LogP contribution < -0.4 is 5.73 Å². The molecule has 2 N–H and O–H groups in total. The largest absolute Gasteiger partial charge is 0.457 e. The normalized spacial score (nSPS) is 24.8. The topological polar surface area (TPSA) is 139 Å². The highest BCUT2D eigenvalue weighted by atomic mass is 32.1. The summed E-state index contributed by atoms with van der Waals surface area (Å²) in [7, 11) is 0. The highest BCUT2D eigenvalue weighted by Gasteiger charge is 2.45. The van der Waals surface area contributed by atoms with E-state index in [1.54, 1.807) is 0 Å². The zero-order valence-corrected chi connectivity index (χ0v) is 15.7. The molecule has 2 aromatic rings. The number of carbonyl (C=O) groups excluding carboxylic acids is 1. The Morgan fingerprint density at radius 1 is 1.42 bits per heavy atom. The minimum Gasteiger partial charge on any atom is -0.457 e. The summed E-state index contributed by atoms with van der Waals surface area (Å²) in [5, 5.41) is 0. The first-order valence-corrected chi connectivity index (χ1v) is 8.71. The van der Waals surface area contributed by atoms with Crippen LogP contribution in [0.2, 0.25) is 0 Å². The lowest BCUT2D eigenvalue weighted by Gasteiger charge is -2.22. The highest BCUT2D eigenvalue weighted by Crippen LogP contribution is 2.39. The molecule has 3 heterocycles. The van der Waals surface area contributed by atoms with Gasteiger partial charge in [-0.15, -0.1) is 0 Å². The summed E-state index contributed by atoms with van der Waals surface area (Å²) in [6, 6.07) is 0. The first-order valence-electron chi connectivity index (χ1n) is 8.05. The number of anilines is 1. The number of fused-ring (bicyclic) bond motifs is 1. The third-order valence-corrected chi connectivity index (χ3v) is 4.34. The quantitative estimate of drug-likeness (QED) is 0.766. The van der Waals surface area contributed by atoms with Crippen LogP contribution in [0.4, 0.5) is 5.82 Å². The maximum absolute atomic E-state index is 11.5. The van der Waals surface area contributed by atoms with Gasteiger partial charge in [0.2, 0.25) is 0 Å². The third-order valence-electron chi connectivity index (χ3n) is 4.34. The number of rotatable bonds is 3. The first kappa shape index (κ1) is 19.9. The Hall–Kier alpha value is -2.40. The van der Waals surface area contributed by atoms with Crippen LogP contribution >= 0.6 is 0 Å². The molecule has 0 bridgehead atoms. The van der Waals surface area contributed by atoms with E-state index in [2.05, 4.69) is 15.0 Å². The summed E-state index contributed by atoms with van der Waals surface area (Å²) in [5.41, 5.74) is 6.99. The molecule has 0 unspecified atom stereocenters. The Balaban J connectivity index is 0.000000758. The second kappa shape index (κ2) is 8.32. The number of carbonyl (C=O) groups is 1. The van der Waals surface area contributed by atoms with Gasteiger partial charge in [-0.2, -0.15) is 8.42 Å². The van der Waals surface area contributed by atoms with Crippen LogP contribution in [0.5, 0.6) is 0 Å². The molecule has 142 valence electrons. The Morgan fingerprint density at radius 3 is 2.65 bits per heavy atom. The lowest BCUT2D eigenvalue weighted by Crippen LogP contribution is -2.30. The number of aryl methyl sites for hydroxylation is 1. The molecule has 1 saturated heterocycles. The zero-order chi connectivity index (χ0) is 19.4. The average molecular weight is 383 g/mol. The molecular formula is C15H21N5O5S. The molecule has 3 rings (SSSR count). The third kappa shape index (κ3) is 3.73. The van der Waals surface area contributed by atoms with E-state index >= 15 is 0 Å². The molecule has 11 heteroatoms. The SMILES string of the molecule is CC[C@H]1O[C@@H](n2c(C)nc3c(N)ncnc32)[C@H](OC(C)=O)[C@@H]1C.O=S=O. The summed E-state index contributed by atoms with van der Waals surface area (Å²) in [4.78, 5) is 24.2. The zero-order valence-electron chi connectivity index (χ0n) is 14.9. The second-order valence-corrected chi connectivity index (χ2v) is 6.07. The molecule has 0 saturated carbocycles. The van der Waals surface area contributed by atoms with Crippen LogP contribution in [0.3, 0.4) is 0 Å². The van der Waals surface area contributed by atoms with Crippen molar-refractivity contribution in [1.29, 1.82) is 0 Å². The lowest BCUT2D eigenvalue weighted by atomic mass is 9.98. The van der Waals surface area contributed by atoms with E-state index in [9.17, 15) is 4.79 Å². The Labute approximate surface area is 153 Å². The van der Waals surface area contributed by atoms with Gasteiger partial charge in [-0.1, -0.05) is 13.8 Å². The van der Waals surface area contributed by atoms with E-state index in [-0.39, 0.29) is 18.0 Å². The molecule has 0 spiro atoms. The molecule has 1 aliphatic heterocycles. The highest BCUT2D eigenvalue weighted by molar-refractivity contribution is 7.51. The van der Waals surface area contributed by atoms with Crippen molar-refractivity contribution in [3.8, 4) is 0 Å². The van der Waals surface area contributed by atoms with Gasteiger partial charge in [0.05, 0.1) is 6.10 Å². The Kier molecular flexibility index (Phi) is 6.37. The second-order valence-electron chi connectivity index (χ2n) is 5.93. The lowest BCUT2D eigenvalue weighted by molar-refractivity contribution is -0.153. The molecule has 1 aliphatic rings. The van der Waals surface area contributed by atoms with Gasteiger partial charge in [-0.05, 0) is 13.3 Å². The van der Waals surface area contributed by atoms with Gasteiger partial charge in [0, 0.05) is 12.8 Å². The Bertz CT molecular complexity index is 835. The molecule has 4 atom stereocenters. The monoisotopic (exact) mass is 383 g/mol. The standard InChI is InChI=1S/C15H21N5O3.O2S/c1-5-10-7(2)12(22-9(4)21)15(23-10)20-8(3)19-11-13(16)17-6-18-14(11)20;1-3-2/h6-7,10,12,15H,5H2,1-4H3,(H2,16,17,18);/t7-,10-,12-,15-;/m1./s1. The van der Waals surface area contributed by atoms with Crippen molar-refractivity contribution in [1.82, 2.24) is 19.5 Å². The first-order chi connectivity index (χ1) is 12.3. The molecule has 0 amide bonds. The van der Waals surface area contributed by atoms with Gasteiger partial charge in [-0.3, -0.25) is 9.36 Å². The number of aromatic nitrogens is 4. The van der Waals surface area contributed by atoms with Crippen molar-refractivity contribution < 1.29 is 22.7 Å². The van der Waals surface area contributed by atoms with Crippen LogP contribution in [-0.2, 0) is 25.8 Å². The minimum absolute atomic E-state index is 0.000356. The van der Waals surface area contributed by atoms with Crippen LogP contribution in [0, 0.1) is 12.8 Å². The number of nitrogens with zero attached hydrogens (tertiary/aromatic N) is 4. The van der Waals surface area contributed by atoms with Crippen molar-refractivity contribution in [2.75, 3.05) is 5.73 Å². The summed E-state index contributed by atoms with van der Waals surface area (Å²) >= 11 is -0.750. The predicted octanol–water partition coefficient (Wildman–Crippen LogP) is 0.922. The van der Waals surface area contributed by atoms with Crippen molar-refractivity contribution >= 4 is 34.5 Å². The minimum atomic E-state index is -0.750. The van der Waals surface area contributed by atoms with Crippen LogP contribution in [0.1, 0.15) is 39.2 Å². The maximum atomic E-state index is 11.5. The number of hydrogen-bond donors (Lipinski definition) is 1. The van der Waals surface area contributed by atoms with Gasteiger partial charge < -0.3 is 15.2 Å². The van der Waals surface area contributed by atoms with Gasteiger partial charge in [0.25, 0.3) is 0 Å². The molecule has 1 fully saturated rings. The summed E-state index contributed by atoms with van der Waals surface area (Å²) < 4.78 is 30.1. The number of hydrogen-bond acceptors (Lipinski definition) is 9. The fourth-order valence-electron chi connectivity index (χ4n) is 3.22. The molecule has 0 aromatic carbocycles. The van der Waals surface area contributed by atoms with Crippen LogP contribution in [0.15, 0.2) is 6.33 Å². The van der Waals surface area contributed by atoms with E-state index in [0.29, 0.717) is 22.8 Å². The van der Waals surface area contributed by atoms with Crippen LogP contribution in [-0.4, -0.2) is 46.1 Å². The summed E-state index contributed by atoms with van der Waals surface area (Å²) in [6.07, 6.45) is 1.35. The smallest absolute Gasteiger partial charge is 0.335 e. The molecule has 26 heavy (non-hydrogen) atoms. The molecule has 10 nitrogen and oxygen atoms in total. The number of nitrogens with two attached hydrogens (primary N) is 1. The molecule has 0 aliphatic carbocycles. The average Bonchev–Trinajstić information content (AvgIpc) is 3.06. The summed E-state index contributed by atoms with van der Waals surface area (Å²) in [6.45, 7) is 7.33. The van der Waals surface area contributed by atoms with Gasteiger partial charge in [0.15, 0.2) is 29.3 Å². The van der Waals surface area contributed by atoms with Gasteiger partial charge >= 0.3 is 17.5 Å². The predicted molar refractivity (Wildman–Crippen MR) is 92.3 cm³/mol. The fraction of sp³-hybridized carbons (Fsp3) is 0.600. The van der Waals surface area contributed by atoms with Crippen LogP contribution in [0.25, 0.3) is 11.2 Å². The van der Waals surface area contributed by atoms with Gasteiger partial charge in [-0.25, -0.2) is 15.0 Å². The van der Waals surface area contributed by atoms with Crippen molar-refractivity contribution in [3.05, 3.63) is 12.2 Å². The summed E-state index contributed by atoms with van der Waals surface area (Å²) in [5.74, 6) is 0.755. The molecule has 2 aromatic heterocycles.